The molecule has 0 aliphatic heterocycles. The Labute approximate surface area is 226 Å². The molecule has 0 bridgehead atoms. The molecule has 10 heteroatoms. The molecule has 0 radical (unpaired) electrons. The Kier molecular flexibility index (Phi) is 8.38. The van der Waals surface area contributed by atoms with E-state index in [0.29, 0.717) is 47.9 Å². The topological polar surface area (TPSA) is 129 Å². The van der Waals surface area contributed by atoms with Crippen LogP contribution in [0.1, 0.15) is 33.2 Å². The Morgan fingerprint density at radius 1 is 1.03 bits per heavy atom. The molecule has 0 fully saturated rings. The number of methoxy groups -OCH3 is 2. The predicted molar refractivity (Wildman–Crippen MR) is 150 cm³/mol. The molecular formula is C29H31N5O5. The van der Waals surface area contributed by atoms with Crippen LogP contribution in [0.3, 0.4) is 0 Å². The van der Waals surface area contributed by atoms with E-state index in [4.69, 9.17) is 20.2 Å². The summed E-state index contributed by atoms with van der Waals surface area (Å²) in [5.74, 6) is -0.377. The van der Waals surface area contributed by atoms with Crippen LogP contribution in [-0.2, 0) is 27.4 Å². The van der Waals surface area contributed by atoms with Gasteiger partial charge >= 0.3 is 0 Å². The maximum atomic E-state index is 13.6. The Morgan fingerprint density at radius 2 is 1.77 bits per heavy atom. The van der Waals surface area contributed by atoms with Gasteiger partial charge in [-0.2, -0.15) is 0 Å². The molecule has 0 saturated heterocycles. The summed E-state index contributed by atoms with van der Waals surface area (Å²) >= 11 is 0. The van der Waals surface area contributed by atoms with Crippen LogP contribution in [0.4, 0.5) is 11.4 Å². The maximum Gasteiger partial charge on any atom is 0.257 e. The Morgan fingerprint density at radius 3 is 2.41 bits per heavy atom. The zero-order valence-corrected chi connectivity index (χ0v) is 22.4. The first-order chi connectivity index (χ1) is 18.7. The van der Waals surface area contributed by atoms with Gasteiger partial charge in [-0.1, -0.05) is 6.07 Å². The number of anilines is 2. The summed E-state index contributed by atoms with van der Waals surface area (Å²) in [4.78, 5) is 43.5. The smallest absolute Gasteiger partial charge is 0.257 e. The van der Waals surface area contributed by atoms with Crippen molar-refractivity contribution in [2.24, 2.45) is 5.73 Å². The number of nitrogens with one attached hydrogen (secondary N) is 1. The Hall–Kier alpha value is -4.54. The van der Waals surface area contributed by atoms with Crippen LogP contribution in [0.15, 0.2) is 60.7 Å². The highest BCUT2D eigenvalue weighted by Gasteiger charge is 2.21. The van der Waals surface area contributed by atoms with Crippen molar-refractivity contribution in [1.82, 2.24) is 9.55 Å². The summed E-state index contributed by atoms with van der Waals surface area (Å²) in [6, 6.07) is 17.6. The van der Waals surface area contributed by atoms with E-state index in [2.05, 4.69) is 5.32 Å². The van der Waals surface area contributed by atoms with Gasteiger partial charge in [-0.15, -0.1) is 0 Å². The van der Waals surface area contributed by atoms with E-state index >= 15 is 0 Å². The fourth-order valence-electron chi connectivity index (χ4n) is 4.33. The van der Waals surface area contributed by atoms with Crippen LogP contribution >= 0.6 is 0 Å². The lowest BCUT2D eigenvalue weighted by molar-refractivity contribution is -0.116. The fourth-order valence-corrected chi connectivity index (χ4v) is 4.33. The number of nitrogens with zero attached hydrogens (tertiary/aromatic N) is 3. The number of benzene rings is 3. The lowest BCUT2D eigenvalue weighted by Gasteiger charge is -2.16. The zero-order valence-electron chi connectivity index (χ0n) is 22.4. The van der Waals surface area contributed by atoms with Crippen LogP contribution in [0.25, 0.3) is 22.4 Å². The molecule has 3 amide bonds. The number of hydrogen-bond donors (Lipinski definition) is 2. The SMILES string of the molecule is COCCn1c(-c2ccc(N(C)C(C)=O)cc2)nc2cc(COC)cc(C(=O)Nc3cccc(C(N)=O)c3)c21. The molecule has 1 aromatic heterocycles. The first-order valence-electron chi connectivity index (χ1n) is 12.3. The molecule has 4 rings (SSSR count). The molecule has 202 valence electrons. The number of primary amides is 1. The van der Waals surface area contributed by atoms with Crippen molar-refractivity contribution in [3.8, 4) is 11.4 Å². The standard InChI is InChI=1S/C29H31N5O5/c1-18(35)33(2)23-10-8-20(9-11-23)28-32-25-15-19(17-39-4)14-24(26(25)34(28)12-13-38-3)29(37)31-22-7-5-6-21(16-22)27(30)36/h5-11,14-16H,12-13,17H2,1-4H3,(H2,30,36)(H,31,37). The third kappa shape index (κ3) is 5.97. The molecule has 0 spiro atoms. The fraction of sp³-hybridized carbons (Fsp3) is 0.241. The highest BCUT2D eigenvalue weighted by molar-refractivity contribution is 6.12. The van der Waals surface area contributed by atoms with E-state index in [1.165, 1.54) is 13.0 Å². The molecule has 0 unspecified atom stereocenters. The zero-order chi connectivity index (χ0) is 28.1. The number of amides is 3. The van der Waals surface area contributed by atoms with E-state index in [9.17, 15) is 14.4 Å². The van der Waals surface area contributed by atoms with Crippen LogP contribution in [-0.4, -0.2) is 55.1 Å². The van der Waals surface area contributed by atoms with Crippen LogP contribution in [0, 0.1) is 0 Å². The Balaban J connectivity index is 1.85. The lowest BCUT2D eigenvalue weighted by Crippen LogP contribution is -2.22. The van der Waals surface area contributed by atoms with E-state index in [-0.39, 0.29) is 17.4 Å². The van der Waals surface area contributed by atoms with E-state index in [1.54, 1.807) is 50.4 Å². The first-order valence-corrected chi connectivity index (χ1v) is 12.3. The van der Waals surface area contributed by atoms with Gasteiger partial charge in [0.1, 0.15) is 5.82 Å². The molecule has 0 aliphatic rings. The summed E-state index contributed by atoms with van der Waals surface area (Å²) in [5.41, 5.74) is 10.1. The molecule has 0 aliphatic carbocycles. The van der Waals surface area contributed by atoms with Gasteiger partial charge in [0.2, 0.25) is 11.8 Å². The highest BCUT2D eigenvalue weighted by atomic mass is 16.5. The van der Waals surface area contributed by atoms with Gasteiger partial charge < -0.3 is 30.0 Å². The average Bonchev–Trinajstić information content (AvgIpc) is 3.29. The van der Waals surface area contributed by atoms with Crippen molar-refractivity contribution in [3.05, 3.63) is 77.4 Å². The average molecular weight is 530 g/mol. The third-order valence-corrected chi connectivity index (χ3v) is 6.37. The number of fused-ring (bicyclic) bond motifs is 1. The number of carbonyl (C=O) groups excluding carboxylic acids is 3. The van der Waals surface area contributed by atoms with Crippen LogP contribution in [0.5, 0.6) is 0 Å². The van der Waals surface area contributed by atoms with E-state index < -0.39 is 5.91 Å². The monoisotopic (exact) mass is 529 g/mol. The minimum atomic E-state index is -0.585. The molecular weight excluding hydrogens is 498 g/mol. The molecule has 39 heavy (non-hydrogen) atoms. The Bertz CT molecular complexity index is 1530. The normalized spacial score (nSPS) is 11.0. The summed E-state index contributed by atoms with van der Waals surface area (Å²) in [5, 5.41) is 2.88. The number of imidazole rings is 1. The first kappa shape index (κ1) is 27.5. The number of hydrogen-bond acceptors (Lipinski definition) is 6. The van der Waals surface area contributed by atoms with Crippen molar-refractivity contribution < 1.29 is 23.9 Å². The number of ether oxygens (including phenoxy) is 2. The van der Waals surface area contributed by atoms with Crippen molar-refractivity contribution in [2.75, 3.05) is 38.1 Å². The predicted octanol–water partition coefficient (Wildman–Crippen LogP) is 3.83. The quantitative estimate of drug-likeness (QED) is 0.321. The minimum absolute atomic E-state index is 0.0715. The summed E-state index contributed by atoms with van der Waals surface area (Å²) < 4.78 is 12.7. The maximum absolute atomic E-state index is 13.6. The largest absolute Gasteiger partial charge is 0.383 e. The molecule has 0 atom stereocenters. The van der Waals surface area contributed by atoms with Crippen molar-refractivity contribution in [1.29, 1.82) is 0 Å². The van der Waals surface area contributed by atoms with Gasteiger partial charge in [-0.05, 0) is 60.2 Å². The van der Waals surface area contributed by atoms with Gasteiger partial charge in [-0.3, -0.25) is 14.4 Å². The van der Waals surface area contributed by atoms with Gasteiger partial charge in [0.25, 0.3) is 5.91 Å². The van der Waals surface area contributed by atoms with Crippen molar-refractivity contribution in [2.45, 2.75) is 20.1 Å². The third-order valence-electron chi connectivity index (χ3n) is 6.37. The van der Waals surface area contributed by atoms with Gasteiger partial charge in [0.05, 0.1) is 29.8 Å². The molecule has 0 saturated carbocycles. The lowest BCUT2D eigenvalue weighted by atomic mass is 10.1. The van der Waals surface area contributed by atoms with E-state index in [1.807, 2.05) is 34.9 Å². The highest BCUT2D eigenvalue weighted by Crippen LogP contribution is 2.30. The molecule has 4 aromatic rings. The number of aromatic nitrogens is 2. The molecule has 1 heterocycles. The second-order valence-electron chi connectivity index (χ2n) is 9.05. The van der Waals surface area contributed by atoms with Gasteiger partial charge in [0.15, 0.2) is 0 Å². The number of nitrogens with two attached hydrogens (primary N) is 1. The number of rotatable bonds is 10. The summed E-state index contributed by atoms with van der Waals surface area (Å²) in [7, 11) is 4.91. The summed E-state index contributed by atoms with van der Waals surface area (Å²) in [6.07, 6.45) is 0. The molecule has 3 aromatic carbocycles. The second kappa shape index (κ2) is 11.9. The van der Waals surface area contributed by atoms with Crippen LogP contribution in [0.2, 0.25) is 0 Å². The second-order valence-corrected chi connectivity index (χ2v) is 9.05. The van der Waals surface area contributed by atoms with Gasteiger partial charge in [0, 0.05) is 57.2 Å². The van der Waals surface area contributed by atoms with E-state index in [0.717, 1.165) is 16.8 Å². The minimum Gasteiger partial charge on any atom is -0.383 e. The van der Waals surface area contributed by atoms with Crippen molar-refractivity contribution in [3.63, 3.8) is 0 Å². The number of carbonyl (C=O) groups is 3. The molecule has 3 N–H and O–H groups in total. The van der Waals surface area contributed by atoms with Crippen molar-refractivity contribution >= 4 is 40.1 Å². The molecule has 10 nitrogen and oxygen atoms in total. The summed E-state index contributed by atoms with van der Waals surface area (Å²) in [6.45, 7) is 2.63. The van der Waals surface area contributed by atoms with Crippen LogP contribution < -0.4 is 16.0 Å². The van der Waals surface area contributed by atoms with Gasteiger partial charge in [-0.25, -0.2) is 4.98 Å².